The number of hydrogen-bond acceptors (Lipinski definition) is 3. The predicted octanol–water partition coefficient (Wildman–Crippen LogP) is 1.81. The molecule has 0 bridgehead atoms. The van der Waals surface area contributed by atoms with Crippen molar-refractivity contribution >= 4 is 11.8 Å². The maximum atomic E-state index is 12.7. The summed E-state index contributed by atoms with van der Waals surface area (Å²) in [5, 5.41) is 10.1. The van der Waals surface area contributed by atoms with Crippen LogP contribution >= 0.6 is 0 Å². The van der Waals surface area contributed by atoms with Crippen molar-refractivity contribution in [3.63, 3.8) is 0 Å². The van der Waals surface area contributed by atoms with Crippen LogP contribution in [0.2, 0.25) is 0 Å². The molecular formula is C18H20N4O2. The van der Waals surface area contributed by atoms with Gasteiger partial charge < -0.3 is 10.2 Å². The van der Waals surface area contributed by atoms with Crippen LogP contribution in [-0.2, 0) is 13.0 Å². The summed E-state index contributed by atoms with van der Waals surface area (Å²) in [5.41, 5.74) is 3.99. The van der Waals surface area contributed by atoms with Crippen molar-refractivity contribution in [1.29, 1.82) is 0 Å². The van der Waals surface area contributed by atoms with E-state index in [0.29, 0.717) is 36.8 Å². The fourth-order valence-electron chi connectivity index (χ4n) is 3.10. The summed E-state index contributed by atoms with van der Waals surface area (Å²) in [6.07, 6.45) is 2.77. The van der Waals surface area contributed by atoms with Crippen LogP contribution < -0.4 is 5.32 Å². The summed E-state index contributed by atoms with van der Waals surface area (Å²) >= 11 is 0. The van der Waals surface area contributed by atoms with Gasteiger partial charge in [0.25, 0.3) is 11.8 Å². The molecule has 6 nitrogen and oxygen atoms in total. The van der Waals surface area contributed by atoms with E-state index < -0.39 is 0 Å². The topological polar surface area (TPSA) is 78.1 Å². The number of nitrogens with one attached hydrogen (secondary N) is 2. The van der Waals surface area contributed by atoms with Gasteiger partial charge in [-0.1, -0.05) is 17.7 Å². The molecule has 0 spiro atoms. The van der Waals surface area contributed by atoms with Crippen LogP contribution in [0, 0.1) is 6.92 Å². The third-order valence-electron chi connectivity index (χ3n) is 4.61. The Morgan fingerprint density at radius 1 is 1.33 bits per heavy atom. The van der Waals surface area contributed by atoms with Crippen LogP contribution in [0.1, 0.15) is 50.5 Å². The highest BCUT2D eigenvalue weighted by Gasteiger charge is 2.30. The summed E-state index contributed by atoms with van der Waals surface area (Å²) in [6, 6.07) is 7.89. The minimum Gasteiger partial charge on any atom is -0.348 e. The summed E-state index contributed by atoms with van der Waals surface area (Å²) in [5.74, 6) is -0.140. The number of aromatic amines is 1. The zero-order valence-corrected chi connectivity index (χ0v) is 13.6. The molecular weight excluding hydrogens is 304 g/mol. The molecule has 1 aromatic carbocycles. The van der Waals surface area contributed by atoms with Crippen LogP contribution in [0.15, 0.2) is 24.3 Å². The minimum absolute atomic E-state index is 0.000832. The van der Waals surface area contributed by atoms with Crippen LogP contribution in [0.25, 0.3) is 0 Å². The highest BCUT2D eigenvalue weighted by molar-refractivity contribution is 5.96. The first kappa shape index (κ1) is 14.9. The highest BCUT2D eigenvalue weighted by atomic mass is 16.2. The quantitative estimate of drug-likeness (QED) is 0.904. The third kappa shape index (κ3) is 2.79. The second-order valence-electron chi connectivity index (χ2n) is 6.62. The Morgan fingerprint density at radius 3 is 2.92 bits per heavy atom. The van der Waals surface area contributed by atoms with Crippen molar-refractivity contribution in [3.8, 4) is 0 Å². The van der Waals surface area contributed by atoms with Crippen molar-refractivity contribution in [1.82, 2.24) is 20.4 Å². The van der Waals surface area contributed by atoms with Crippen LogP contribution in [0.3, 0.4) is 0 Å². The first-order valence-corrected chi connectivity index (χ1v) is 8.35. The summed E-state index contributed by atoms with van der Waals surface area (Å²) in [7, 11) is 0. The Labute approximate surface area is 140 Å². The molecule has 0 atom stereocenters. The number of carbonyl (C=O) groups is 2. The molecule has 24 heavy (non-hydrogen) atoms. The van der Waals surface area contributed by atoms with E-state index in [-0.39, 0.29) is 11.8 Å². The molecule has 2 amide bonds. The average molecular weight is 324 g/mol. The summed E-state index contributed by atoms with van der Waals surface area (Å²) in [6.45, 7) is 3.03. The number of fused-ring (bicyclic) bond motifs is 1. The summed E-state index contributed by atoms with van der Waals surface area (Å²) in [4.78, 5) is 26.9. The van der Waals surface area contributed by atoms with Crippen molar-refractivity contribution in [2.24, 2.45) is 0 Å². The van der Waals surface area contributed by atoms with Crippen molar-refractivity contribution < 1.29 is 9.59 Å². The smallest absolute Gasteiger partial charge is 0.272 e. The van der Waals surface area contributed by atoms with Gasteiger partial charge in [0.15, 0.2) is 5.69 Å². The molecule has 1 aliphatic heterocycles. The molecule has 0 saturated heterocycles. The second kappa shape index (κ2) is 5.78. The lowest BCUT2D eigenvalue weighted by atomic mass is 10.0. The van der Waals surface area contributed by atoms with Gasteiger partial charge in [0, 0.05) is 35.8 Å². The number of amides is 2. The lowest BCUT2D eigenvalue weighted by molar-refractivity contribution is 0.0731. The number of aromatic nitrogens is 2. The molecule has 6 heteroatoms. The molecule has 2 aliphatic rings. The van der Waals surface area contributed by atoms with Gasteiger partial charge in [-0.2, -0.15) is 5.10 Å². The zero-order chi connectivity index (χ0) is 16.7. The van der Waals surface area contributed by atoms with E-state index in [0.717, 1.165) is 29.7 Å². The number of H-pyrrole nitrogens is 1. The van der Waals surface area contributed by atoms with Crippen LogP contribution in [0.5, 0.6) is 0 Å². The number of nitrogens with zero attached hydrogens (tertiary/aromatic N) is 2. The van der Waals surface area contributed by atoms with E-state index in [2.05, 4.69) is 15.5 Å². The van der Waals surface area contributed by atoms with Gasteiger partial charge in [-0.25, -0.2) is 0 Å². The predicted molar refractivity (Wildman–Crippen MR) is 88.7 cm³/mol. The van der Waals surface area contributed by atoms with Gasteiger partial charge in [-0.3, -0.25) is 14.7 Å². The molecule has 124 valence electrons. The Morgan fingerprint density at radius 2 is 2.17 bits per heavy atom. The van der Waals surface area contributed by atoms with Crippen molar-refractivity contribution in [2.45, 2.75) is 38.8 Å². The van der Waals surface area contributed by atoms with Gasteiger partial charge in [0.2, 0.25) is 0 Å². The van der Waals surface area contributed by atoms with Crippen LogP contribution in [-0.4, -0.2) is 39.5 Å². The molecule has 1 saturated carbocycles. The molecule has 0 unspecified atom stereocenters. The number of aryl methyl sites for hydroxylation is 1. The second-order valence-corrected chi connectivity index (χ2v) is 6.62. The fourth-order valence-corrected chi connectivity index (χ4v) is 3.10. The normalized spacial score (nSPS) is 16.6. The lowest BCUT2D eigenvalue weighted by Crippen LogP contribution is -2.37. The monoisotopic (exact) mass is 324 g/mol. The number of carbonyl (C=O) groups excluding carboxylic acids is 2. The SMILES string of the molecule is Cc1cccc(C(=O)N2CCc3[nH]nc(C(=O)NC4CC4)c3C2)c1. The largest absolute Gasteiger partial charge is 0.348 e. The maximum Gasteiger partial charge on any atom is 0.272 e. The van der Waals surface area contributed by atoms with Gasteiger partial charge in [0.05, 0.1) is 6.54 Å². The van der Waals surface area contributed by atoms with Crippen LogP contribution in [0.4, 0.5) is 0 Å². The van der Waals surface area contributed by atoms with E-state index in [1.807, 2.05) is 31.2 Å². The van der Waals surface area contributed by atoms with Crippen molar-refractivity contribution in [2.75, 3.05) is 6.54 Å². The molecule has 2 N–H and O–H groups in total. The van der Waals surface area contributed by atoms with Crippen molar-refractivity contribution in [3.05, 3.63) is 52.3 Å². The Balaban J connectivity index is 1.55. The van der Waals surface area contributed by atoms with Gasteiger partial charge >= 0.3 is 0 Å². The Hall–Kier alpha value is -2.63. The first-order valence-electron chi connectivity index (χ1n) is 8.35. The van der Waals surface area contributed by atoms with E-state index in [1.165, 1.54) is 0 Å². The third-order valence-corrected chi connectivity index (χ3v) is 4.61. The standard InChI is InChI=1S/C18H20N4O2/c1-11-3-2-4-12(9-11)18(24)22-8-7-15-14(10-22)16(21-20-15)17(23)19-13-5-6-13/h2-4,9,13H,5-8,10H2,1H3,(H,19,23)(H,20,21). The molecule has 0 radical (unpaired) electrons. The summed E-state index contributed by atoms with van der Waals surface area (Å²) < 4.78 is 0. The van der Waals surface area contributed by atoms with E-state index in [4.69, 9.17) is 0 Å². The van der Waals surface area contributed by atoms with Gasteiger partial charge in [-0.15, -0.1) is 0 Å². The first-order chi connectivity index (χ1) is 11.6. The van der Waals surface area contributed by atoms with Gasteiger partial charge in [0.1, 0.15) is 0 Å². The molecule has 1 aliphatic carbocycles. The zero-order valence-electron chi connectivity index (χ0n) is 13.6. The molecule has 2 aromatic rings. The molecule has 2 heterocycles. The minimum atomic E-state index is -0.139. The average Bonchev–Trinajstić information content (AvgIpc) is 3.29. The number of benzene rings is 1. The van der Waals surface area contributed by atoms with E-state index in [9.17, 15) is 9.59 Å². The fraction of sp³-hybridized carbons (Fsp3) is 0.389. The number of rotatable bonds is 3. The highest BCUT2D eigenvalue weighted by Crippen LogP contribution is 2.24. The Kier molecular flexibility index (Phi) is 3.59. The molecule has 1 aromatic heterocycles. The number of hydrogen-bond donors (Lipinski definition) is 2. The lowest BCUT2D eigenvalue weighted by Gasteiger charge is -2.27. The Bertz CT molecular complexity index is 807. The maximum absolute atomic E-state index is 12.7. The van der Waals surface area contributed by atoms with Gasteiger partial charge in [-0.05, 0) is 31.9 Å². The van der Waals surface area contributed by atoms with E-state index >= 15 is 0 Å². The molecule has 4 rings (SSSR count). The molecule has 1 fully saturated rings. The van der Waals surface area contributed by atoms with E-state index in [1.54, 1.807) is 4.90 Å².